The molecule has 0 aliphatic carbocycles. The van der Waals surface area contributed by atoms with Gasteiger partial charge in [0.25, 0.3) is 5.91 Å². The summed E-state index contributed by atoms with van der Waals surface area (Å²) in [5.41, 5.74) is 0.921. The zero-order chi connectivity index (χ0) is 21.1. The van der Waals surface area contributed by atoms with Crippen molar-refractivity contribution in [2.75, 3.05) is 11.9 Å². The molecular weight excluding hydrogens is 409 g/mol. The fourth-order valence-electron chi connectivity index (χ4n) is 2.92. The lowest BCUT2D eigenvalue weighted by Gasteiger charge is -2.08. The minimum absolute atomic E-state index is 0.0392. The number of carbonyl (C=O) groups is 2. The van der Waals surface area contributed by atoms with E-state index < -0.39 is 17.5 Å². The average molecular weight is 424 g/mol. The predicted molar refractivity (Wildman–Crippen MR) is 112 cm³/mol. The second-order valence-electron chi connectivity index (χ2n) is 6.43. The topological polar surface area (TPSA) is 68.5 Å². The SMILES string of the molecule is O=C(COc1ccc(Cl)cc1)Nc1c(C(=O)c2ccc(F)cc2)oc2ccccc12. The molecule has 1 N–H and O–H groups in total. The van der Waals surface area contributed by atoms with Crippen LogP contribution in [0.1, 0.15) is 16.1 Å². The first-order valence-corrected chi connectivity index (χ1v) is 9.39. The maximum atomic E-state index is 13.2. The van der Waals surface area contributed by atoms with Crippen LogP contribution in [0, 0.1) is 5.82 Å². The van der Waals surface area contributed by atoms with Crippen molar-refractivity contribution < 1.29 is 23.1 Å². The molecule has 5 nitrogen and oxygen atoms in total. The van der Waals surface area contributed by atoms with E-state index in [2.05, 4.69) is 5.32 Å². The summed E-state index contributed by atoms with van der Waals surface area (Å²) in [6.07, 6.45) is 0. The van der Waals surface area contributed by atoms with Crippen LogP contribution >= 0.6 is 11.6 Å². The van der Waals surface area contributed by atoms with E-state index in [1.807, 2.05) is 0 Å². The zero-order valence-corrected chi connectivity index (χ0v) is 16.3. The lowest BCUT2D eigenvalue weighted by Crippen LogP contribution is -2.21. The first-order valence-electron chi connectivity index (χ1n) is 9.01. The fourth-order valence-corrected chi connectivity index (χ4v) is 3.04. The van der Waals surface area contributed by atoms with Crippen LogP contribution in [0.15, 0.2) is 77.2 Å². The summed E-state index contributed by atoms with van der Waals surface area (Å²) in [5.74, 6) is -0.953. The Morgan fingerprint density at radius 1 is 0.967 bits per heavy atom. The molecule has 0 fully saturated rings. The van der Waals surface area contributed by atoms with Crippen molar-refractivity contribution in [2.45, 2.75) is 0 Å². The highest BCUT2D eigenvalue weighted by Gasteiger charge is 2.23. The minimum atomic E-state index is -0.472. The Morgan fingerprint density at radius 3 is 2.40 bits per heavy atom. The molecule has 0 spiro atoms. The van der Waals surface area contributed by atoms with E-state index in [4.69, 9.17) is 20.8 Å². The van der Waals surface area contributed by atoms with Gasteiger partial charge in [-0.3, -0.25) is 9.59 Å². The standard InChI is InChI=1S/C23H15ClFNO4/c24-15-7-11-17(12-8-15)29-13-20(27)26-21-18-3-1-2-4-19(18)30-23(21)22(28)14-5-9-16(25)10-6-14/h1-12H,13H2,(H,26,27). The minimum Gasteiger partial charge on any atom is -0.484 e. The van der Waals surface area contributed by atoms with Gasteiger partial charge in [-0.15, -0.1) is 0 Å². The molecule has 0 saturated heterocycles. The van der Waals surface area contributed by atoms with Crippen LogP contribution in [-0.2, 0) is 4.79 Å². The van der Waals surface area contributed by atoms with E-state index in [-0.39, 0.29) is 23.6 Å². The molecule has 1 amide bonds. The molecule has 0 aliphatic rings. The summed E-state index contributed by atoms with van der Waals surface area (Å²) >= 11 is 5.83. The monoisotopic (exact) mass is 423 g/mol. The molecule has 0 radical (unpaired) electrons. The van der Waals surface area contributed by atoms with E-state index in [1.165, 1.54) is 24.3 Å². The van der Waals surface area contributed by atoms with Crippen molar-refractivity contribution >= 4 is 39.9 Å². The van der Waals surface area contributed by atoms with Crippen LogP contribution in [0.25, 0.3) is 11.0 Å². The molecule has 7 heteroatoms. The molecule has 0 bridgehead atoms. The highest BCUT2D eigenvalue weighted by Crippen LogP contribution is 2.32. The van der Waals surface area contributed by atoms with Crippen LogP contribution in [0.3, 0.4) is 0 Å². The van der Waals surface area contributed by atoms with Crippen LogP contribution < -0.4 is 10.1 Å². The van der Waals surface area contributed by atoms with E-state index in [0.717, 1.165) is 0 Å². The molecule has 0 atom stereocenters. The number of benzene rings is 3. The third-order valence-electron chi connectivity index (χ3n) is 4.36. The highest BCUT2D eigenvalue weighted by atomic mass is 35.5. The summed E-state index contributed by atoms with van der Waals surface area (Å²) in [6.45, 7) is -0.273. The van der Waals surface area contributed by atoms with Gasteiger partial charge in [-0.05, 0) is 60.7 Å². The molecule has 4 aromatic rings. The van der Waals surface area contributed by atoms with E-state index in [0.29, 0.717) is 21.7 Å². The van der Waals surface area contributed by atoms with Gasteiger partial charge in [0.05, 0.1) is 5.69 Å². The Labute approximate surface area is 176 Å². The lowest BCUT2D eigenvalue weighted by molar-refractivity contribution is -0.118. The van der Waals surface area contributed by atoms with Crippen LogP contribution in [0.4, 0.5) is 10.1 Å². The summed E-state index contributed by atoms with van der Waals surface area (Å²) in [6, 6.07) is 18.6. The van der Waals surface area contributed by atoms with Gasteiger partial charge in [0.2, 0.25) is 5.78 Å². The number of ketones is 1. The number of hydrogen-bond acceptors (Lipinski definition) is 4. The highest BCUT2D eigenvalue weighted by molar-refractivity contribution is 6.30. The first-order chi connectivity index (χ1) is 14.5. The summed E-state index contributed by atoms with van der Waals surface area (Å²) in [5, 5.41) is 3.83. The Morgan fingerprint density at radius 2 is 1.67 bits per heavy atom. The molecule has 0 unspecified atom stereocenters. The average Bonchev–Trinajstić information content (AvgIpc) is 3.12. The van der Waals surface area contributed by atoms with Gasteiger partial charge in [0, 0.05) is 16.0 Å². The number of rotatable bonds is 6. The van der Waals surface area contributed by atoms with Gasteiger partial charge < -0.3 is 14.5 Å². The molecule has 150 valence electrons. The van der Waals surface area contributed by atoms with Crippen LogP contribution in [0.5, 0.6) is 5.75 Å². The quantitative estimate of drug-likeness (QED) is 0.417. The zero-order valence-electron chi connectivity index (χ0n) is 15.5. The van der Waals surface area contributed by atoms with Crippen LogP contribution in [0.2, 0.25) is 5.02 Å². The number of halogens is 2. The molecule has 4 rings (SSSR count). The smallest absolute Gasteiger partial charge is 0.262 e. The molecule has 30 heavy (non-hydrogen) atoms. The van der Waals surface area contributed by atoms with Crippen molar-refractivity contribution in [1.82, 2.24) is 0 Å². The summed E-state index contributed by atoms with van der Waals surface area (Å²) in [7, 11) is 0. The van der Waals surface area contributed by atoms with Gasteiger partial charge in [-0.25, -0.2) is 4.39 Å². The Balaban J connectivity index is 1.59. The molecule has 1 aromatic heterocycles. The number of ether oxygens (including phenoxy) is 1. The normalized spacial score (nSPS) is 10.7. The van der Waals surface area contributed by atoms with Gasteiger partial charge in [-0.1, -0.05) is 23.7 Å². The maximum absolute atomic E-state index is 13.2. The van der Waals surface area contributed by atoms with Crippen molar-refractivity contribution in [3.63, 3.8) is 0 Å². The van der Waals surface area contributed by atoms with E-state index >= 15 is 0 Å². The molecular formula is C23H15ClFNO4. The number of amides is 1. The van der Waals surface area contributed by atoms with Gasteiger partial charge in [0.15, 0.2) is 12.4 Å². The van der Waals surface area contributed by atoms with Crippen molar-refractivity contribution in [3.8, 4) is 5.75 Å². The largest absolute Gasteiger partial charge is 0.484 e. The Bertz CT molecular complexity index is 1220. The number of carbonyl (C=O) groups excluding carboxylic acids is 2. The van der Waals surface area contributed by atoms with Gasteiger partial charge in [0.1, 0.15) is 17.1 Å². The number of fused-ring (bicyclic) bond motifs is 1. The summed E-state index contributed by atoms with van der Waals surface area (Å²) < 4.78 is 24.4. The molecule has 1 heterocycles. The summed E-state index contributed by atoms with van der Waals surface area (Å²) in [4.78, 5) is 25.4. The van der Waals surface area contributed by atoms with Crippen molar-refractivity contribution in [2.24, 2.45) is 0 Å². The second-order valence-corrected chi connectivity index (χ2v) is 6.87. The molecule has 0 aliphatic heterocycles. The number of hydrogen-bond donors (Lipinski definition) is 1. The number of furan rings is 1. The Hall–Kier alpha value is -3.64. The number of nitrogens with one attached hydrogen (secondary N) is 1. The van der Waals surface area contributed by atoms with E-state index in [9.17, 15) is 14.0 Å². The first kappa shape index (κ1) is 19.7. The number of anilines is 1. The predicted octanol–water partition coefficient (Wildman–Crippen LogP) is 5.47. The fraction of sp³-hybridized carbons (Fsp3) is 0.0435. The molecule has 3 aromatic carbocycles. The molecule has 0 saturated carbocycles. The van der Waals surface area contributed by atoms with E-state index in [1.54, 1.807) is 48.5 Å². The third-order valence-corrected chi connectivity index (χ3v) is 4.61. The van der Waals surface area contributed by atoms with Crippen molar-refractivity contribution in [3.05, 3.63) is 95.0 Å². The van der Waals surface area contributed by atoms with Gasteiger partial charge in [-0.2, -0.15) is 0 Å². The van der Waals surface area contributed by atoms with Crippen molar-refractivity contribution in [1.29, 1.82) is 0 Å². The Kier molecular flexibility index (Phi) is 5.50. The number of para-hydroxylation sites is 1. The second kappa shape index (κ2) is 8.39. The van der Waals surface area contributed by atoms with Gasteiger partial charge >= 0.3 is 0 Å². The third kappa shape index (κ3) is 4.18. The van der Waals surface area contributed by atoms with Crippen LogP contribution in [-0.4, -0.2) is 18.3 Å². The lowest BCUT2D eigenvalue weighted by atomic mass is 10.1. The maximum Gasteiger partial charge on any atom is 0.262 e.